The zero-order valence-electron chi connectivity index (χ0n) is 18.2. The summed E-state index contributed by atoms with van der Waals surface area (Å²) in [7, 11) is 1.30. The molecule has 1 N–H and O–H groups in total. The van der Waals surface area contributed by atoms with Gasteiger partial charge in [-0.15, -0.1) is 11.3 Å². The quantitative estimate of drug-likeness (QED) is 0.554. The molecular weight excluding hydrogens is 414 g/mol. The maximum atomic E-state index is 13.6. The first-order valence-corrected chi connectivity index (χ1v) is 11.9. The SMILES string of the molecule is COC(=O)[C@@H]1C(=O)C2=C(C[C@H]1C)NC(C)=C(C(=O)OC1CCCCC1)[C@H]2c1cccs1. The zero-order valence-corrected chi connectivity index (χ0v) is 19.1. The first kappa shape index (κ1) is 21.8. The molecule has 1 fully saturated rings. The van der Waals surface area contributed by atoms with Gasteiger partial charge in [0.25, 0.3) is 0 Å². The molecule has 0 aromatic carbocycles. The monoisotopic (exact) mass is 443 g/mol. The molecule has 31 heavy (non-hydrogen) atoms. The Morgan fingerprint density at radius 3 is 2.58 bits per heavy atom. The van der Waals surface area contributed by atoms with Crippen molar-refractivity contribution < 1.29 is 23.9 Å². The highest BCUT2D eigenvalue weighted by molar-refractivity contribution is 7.10. The first-order chi connectivity index (χ1) is 14.9. The summed E-state index contributed by atoms with van der Waals surface area (Å²) in [4.78, 5) is 40.2. The van der Waals surface area contributed by atoms with E-state index in [1.165, 1.54) is 24.9 Å². The molecule has 0 unspecified atom stereocenters. The van der Waals surface area contributed by atoms with Gasteiger partial charge in [0.05, 0.1) is 18.6 Å². The Labute approximate surface area is 186 Å². The predicted molar refractivity (Wildman–Crippen MR) is 117 cm³/mol. The Morgan fingerprint density at radius 2 is 1.94 bits per heavy atom. The topological polar surface area (TPSA) is 81.7 Å². The summed E-state index contributed by atoms with van der Waals surface area (Å²) in [6.45, 7) is 3.75. The van der Waals surface area contributed by atoms with Crippen LogP contribution >= 0.6 is 11.3 Å². The number of rotatable bonds is 4. The Kier molecular flexibility index (Phi) is 6.32. The maximum absolute atomic E-state index is 13.6. The minimum Gasteiger partial charge on any atom is -0.468 e. The van der Waals surface area contributed by atoms with E-state index in [1.807, 2.05) is 31.4 Å². The van der Waals surface area contributed by atoms with Crippen LogP contribution < -0.4 is 5.32 Å². The third-order valence-corrected chi connectivity index (χ3v) is 7.55. The fourth-order valence-electron chi connectivity index (χ4n) is 5.09. The molecule has 4 rings (SSSR count). The number of methoxy groups -OCH3 is 1. The lowest BCUT2D eigenvalue weighted by Gasteiger charge is -2.38. The largest absolute Gasteiger partial charge is 0.468 e. The van der Waals surface area contributed by atoms with E-state index in [9.17, 15) is 14.4 Å². The third-order valence-electron chi connectivity index (χ3n) is 6.62. The molecule has 3 atom stereocenters. The summed E-state index contributed by atoms with van der Waals surface area (Å²) in [5, 5.41) is 5.24. The fourth-order valence-corrected chi connectivity index (χ4v) is 5.93. The van der Waals surface area contributed by atoms with Crippen molar-refractivity contribution in [1.29, 1.82) is 0 Å². The molecule has 0 saturated heterocycles. The maximum Gasteiger partial charge on any atom is 0.337 e. The lowest BCUT2D eigenvalue weighted by atomic mass is 9.70. The summed E-state index contributed by atoms with van der Waals surface area (Å²) >= 11 is 1.50. The molecule has 1 aromatic rings. The Morgan fingerprint density at radius 1 is 1.19 bits per heavy atom. The molecule has 0 amide bonds. The van der Waals surface area contributed by atoms with E-state index in [0.717, 1.165) is 42.0 Å². The molecule has 0 radical (unpaired) electrons. The van der Waals surface area contributed by atoms with Crippen molar-refractivity contribution in [2.75, 3.05) is 7.11 Å². The van der Waals surface area contributed by atoms with Crippen molar-refractivity contribution in [2.45, 2.75) is 64.4 Å². The molecule has 3 aliphatic rings. The molecular formula is C24H29NO5S. The minimum absolute atomic E-state index is 0.0780. The minimum atomic E-state index is -0.859. The van der Waals surface area contributed by atoms with E-state index in [1.54, 1.807) is 0 Å². The molecule has 0 bridgehead atoms. The number of ether oxygens (including phenoxy) is 2. The number of dihydropyridines is 1. The van der Waals surface area contributed by atoms with Gasteiger partial charge in [-0.1, -0.05) is 19.4 Å². The van der Waals surface area contributed by atoms with E-state index >= 15 is 0 Å². The predicted octanol–water partition coefficient (Wildman–Crippen LogP) is 4.24. The number of thiophene rings is 1. The lowest BCUT2D eigenvalue weighted by molar-refractivity contribution is -0.151. The van der Waals surface area contributed by atoms with Gasteiger partial charge in [0, 0.05) is 21.8 Å². The van der Waals surface area contributed by atoms with Gasteiger partial charge in [-0.05, 0) is 56.4 Å². The molecule has 7 heteroatoms. The average molecular weight is 444 g/mol. The second kappa shape index (κ2) is 8.99. The van der Waals surface area contributed by atoms with Crippen molar-refractivity contribution in [2.24, 2.45) is 11.8 Å². The normalized spacial score (nSPS) is 26.9. The number of Topliss-reactive ketones (excluding diaryl/α,β-unsaturated/α-hetero) is 1. The highest BCUT2D eigenvalue weighted by Gasteiger charge is 2.47. The van der Waals surface area contributed by atoms with E-state index < -0.39 is 17.8 Å². The highest BCUT2D eigenvalue weighted by Crippen LogP contribution is 2.46. The van der Waals surface area contributed by atoms with E-state index in [2.05, 4.69) is 5.32 Å². The van der Waals surface area contributed by atoms with Crippen LogP contribution in [-0.2, 0) is 23.9 Å². The number of nitrogens with one attached hydrogen (secondary N) is 1. The first-order valence-electron chi connectivity index (χ1n) is 11.0. The van der Waals surface area contributed by atoms with Crippen molar-refractivity contribution in [1.82, 2.24) is 5.32 Å². The van der Waals surface area contributed by atoms with Crippen molar-refractivity contribution in [3.63, 3.8) is 0 Å². The standard InChI is InChI=1S/C24H29NO5S/c1-13-12-16-20(22(26)18(13)23(27)29-3)21(17-10-7-11-31-17)19(14(2)25-16)24(28)30-15-8-5-4-6-9-15/h7,10-11,13,15,18,21,25H,4-6,8-9,12H2,1-3H3/t13-,18+,21-/m1/s1. The molecule has 166 valence electrons. The van der Waals surface area contributed by atoms with Crippen molar-refractivity contribution >= 4 is 29.1 Å². The average Bonchev–Trinajstić information content (AvgIpc) is 3.27. The van der Waals surface area contributed by atoms with Crippen LogP contribution in [0.1, 0.15) is 63.2 Å². The molecule has 1 aromatic heterocycles. The molecule has 2 heterocycles. The van der Waals surface area contributed by atoms with Crippen molar-refractivity contribution in [3.05, 3.63) is 44.9 Å². The van der Waals surface area contributed by atoms with Gasteiger partial charge in [-0.2, -0.15) is 0 Å². The van der Waals surface area contributed by atoms with Crippen LogP contribution in [0, 0.1) is 11.8 Å². The summed E-state index contributed by atoms with van der Waals surface area (Å²) < 4.78 is 10.8. The van der Waals surface area contributed by atoms with Gasteiger partial charge in [0.2, 0.25) is 0 Å². The number of hydrogen-bond donors (Lipinski definition) is 1. The molecule has 6 nitrogen and oxygen atoms in total. The molecule has 1 aliphatic heterocycles. The van der Waals surface area contributed by atoms with Crippen LogP contribution in [-0.4, -0.2) is 30.9 Å². The van der Waals surface area contributed by atoms with E-state index in [4.69, 9.17) is 9.47 Å². The van der Waals surface area contributed by atoms with Gasteiger partial charge in [0.15, 0.2) is 5.78 Å². The molecule has 0 spiro atoms. The van der Waals surface area contributed by atoms with Gasteiger partial charge in [-0.25, -0.2) is 4.79 Å². The van der Waals surface area contributed by atoms with Crippen molar-refractivity contribution in [3.8, 4) is 0 Å². The Bertz CT molecular complexity index is 939. The van der Waals surface area contributed by atoms with E-state index in [0.29, 0.717) is 17.6 Å². The zero-order chi connectivity index (χ0) is 22.1. The number of esters is 2. The van der Waals surface area contributed by atoms with Gasteiger partial charge < -0.3 is 14.8 Å². The summed E-state index contributed by atoms with van der Waals surface area (Å²) in [6.07, 6.45) is 5.53. The number of allylic oxidation sites excluding steroid dienone is 3. The Balaban J connectivity index is 1.73. The van der Waals surface area contributed by atoms with Crippen LogP contribution in [0.25, 0.3) is 0 Å². The molecule has 1 saturated carbocycles. The van der Waals surface area contributed by atoms with Crippen LogP contribution in [0.15, 0.2) is 40.1 Å². The number of carbonyl (C=O) groups excluding carboxylic acids is 3. The third kappa shape index (κ3) is 4.07. The summed E-state index contributed by atoms with van der Waals surface area (Å²) in [5.41, 5.74) is 2.48. The molecule has 2 aliphatic carbocycles. The highest BCUT2D eigenvalue weighted by atomic mass is 32.1. The van der Waals surface area contributed by atoms with Gasteiger partial charge in [0.1, 0.15) is 12.0 Å². The lowest BCUT2D eigenvalue weighted by Crippen LogP contribution is -2.43. The van der Waals surface area contributed by atoms with E-state index in [-0.39, 0.29) is 23.8 Å². The van der Waals surface area contributed by atoms with Crippen LogP contribution in [0.5, 0.6) is 0 Å². The van der Waals surface area contributed by atoms with Gasteiger partial charge >= 0.3 is 11.9 Å². The van der Waals surface area contributed by atoms with Crippen LogP contribution in [0.4, 0.5) is 0 Å². The fraction of sp³-hybridized carbons (Fsp3) is 0.542. The van der Waals surface area contributed by atoms with Crippen LogP contribution in [0.2, 0.25) is 0 Å². The Hall–Kier alpha value is -2.41. The number of carbonyl (C=O) groups is 3. The summed E-state index contributed by atoms with van der Waals surface area (Å²) in [5.74, 6) is -2.73. The van der Waals surface area contributed by atoms with Gasteiger partial charge in [-0.3, -0.25) is 9.59 Å². The second-order valence-corrected chi connectivity index (χ2v) is 9.70. The smallest absolute Gasteiger partial charge is 0.337 e. The van der Waals surface area contributed by atoms with Crippen LogP contribution in [0.3, 0.4) is 0 Å². The summed E-state index contributed by atoms with van der Waals surface area (Å²) in [6, 6.07) is 3.85. The second-order valence-electron chi connectivity index (χ2n) is 8.72. The number of ketones is 1. The number of hydrogen-bond acceptors (Lipinski definition) is 7.